The zero-order chi connectivity index (χ0) is 21.8. The normalized spacial score (nSPS) is 15.0. The second-order valence-corrected chi connectivity index (χ2v) is 9.40. The number of hydrogen-bond donors (Lipinski definition) is 1. The molecule has 1 heterocycles. The molecule has 1 aromatic carbocycles. The molecule has 0 atom stereocenters. The fraction of sp³-hybridized carbons (Fsp3) is 0.480. The van der Waals surface area contributed by atoms with E-state index in [1.165, 1.54) is 35.3 Å². The van der Waals surface area contributed by atoms with Gasteiger partial charge in [-0.15, -0.1) is 11.3 Å². The first kappa shape index (κ1) is 21.8. The number of ether oxygens (including phenoxy) is 1. The van der Waals surface area contributed by atoms with Gasteiger partial charge in [0.15, 0.2) is 5.78 Å². The monoisotopic (exact) mass is 439 g/mol. The summed E-state index contributed by atoms with van der Waals surface area (Å²) in [5.74, 6) is -0.627. The van der Waals surface area contributed by atoms with Crippen LogP contribution in [-0.2, 0) is 35.2 Å². The molecule has 0 bridgehead atoms. The van der Waals surface area contributed by atoms with Crippen LogP contribution < -0.4 is 5.32 Å². The van der Waals surface area contributed by atoms with Gasteiger partial charge in [0.2, 0.25) is 5.91 Å². The highest BCUT2D eigenvalue weighted by atomic mass is 32.1. The van der Waals surface area contributed by atoms with E-state index in [2.05, 4.69) is 11.4 Å². The molecule has 164 valence electrons. The molecule has 4 rings (SSSR count). The Hall–Kier alpha value is -2.47. The molecule has 2 aliphatic carbocycles. The SMILES string of the molecule is CCOC(=O)c1c(NC(=O)CCC(=O)c2ccc3c(c2)CCCC3)sc2c1CCCC2. The van der Waals surface area contributed by atoms with Crippen molar-refractivity contribution >= 4 is 34.0 Å². The average molecular weight is 440 g/mol. The highest BCUT2D eigenvalue weighted by molar-refractivity contribution is 7.17. The molecule has 0 saturated heterocycles. The van der Waals surface area contributed by atoms with Crippen LogP contribution in [0.4, 0.5) is 5.00 Å². The molecule has 6 heteroatoms. The summed E-state index contributed by atoms with van der Waals surface area (Å²) in [7, 11) is 0. The first-order valence-electron chi connectivity index (χ1n) is 11.3. The van der Waals surface area contributed by atoms with Crippen molar-refractivity contribution in [2.45, 2.75) is 71.1 Å². The summed E-state index contributed by atoms with van der Waals surface area (Å²) in [5, 5.41) is 3.46. The van der Waals surface area contributed by atoms with E-state index in [1.807, 2.05) is 12.1 Å². The molecule has 0 radical (unpaired) electrons. The van der Waals surface area contributed by atoms with Gasteiger partial charge in [-0.25, -0.2) is 4.79 Å². The van der Waals surface area contributed by atoms with Gasteiger partial charge in [0.05, 0.1) is 12.2 Å². The number of thiophene rings is 1. The first-order valence-corrected chi connectivity index (χ1v) is 12.1. The van der Waals surface area contributed by atoms with Crippen LogP contribution in [0.25, 0.3) is 0 Å². The Morgan fingerprint density at radius 3 is 2.52 bits per heavy atom. The van der Waals surface area contributed by atoms with Gasteiger partial charge in [0, 0.05) is 23.3 Å². The van der Waals surface area contributed by atoms with Gasteiger partial charge in [-0.1, -0.05) is 12.1 Å². The van der Waals surface area contributed by atoms with Crippen molar-refractivity contribution in [2.24, 2.45) is 0 Å². The number of carbonyl (C=O) groups is 3. The van der Waals surface area contributed by atoms with Gasteiger partial charge in [0.1, 0.15) is 5.00 Å². The van der Waals surface area contributed by atoms with Crippen molar-refractivity contribution in [3.8, 4) is 0 Å². The molecule has 2 aliphatic rings. The lowest BCUT2D eigenvalue weighted by Gasteiger charge is -2.16. The van der Waals surface area contributed by atoms with Gasteiger partial charge < -0.3 is 10.1 Å². The van der Waals surface area contributed by atoms with E-state index in [0.29, 0.717) is 22.7 Å². The summed E-state index contributed by atoms with van der Waals surface area (Å²) in [6.45, 7) is 2.08. The van der Waals surface area contributed by atoms with E-state index in [4.69, 9.17) is 4.74 Å². The summed E-state index contributed by atoms with van der Waals surface area (Å²) in [6, 6.07) is 5.95. The van der Waals surface area contributed by atoms with Crippen molar-refractivity contribution in [2.75, 3.05) is 11.9 Å². The first-order chi connectivity index (χ1) is 15.1. The van der Waals surface area contributed by atoms with Crippen molar-refractivity contribution in [3.63, 3.8) is 0 Å². The number of hydrogen-bond acceptors (Lipinski definition) is 5. The molecule has 1 amide bonds. The maximum absolute atomic E-state index is 12.7. The summed E-state index contributed by atoms with van der Waals surface area (Å²) >= 11 is 1.47. The maximum Gasteiger partial charge on any atom is 0.341 e. The van der Waals surface area contributed by atoms with Gasteiger partial charge in [0.25, 0.3) is 0 Å². The van der Waals surface area contributed by atoms with E-state index in [9.17, 15) is 14.4 Å². The second-order valence-electron chi connectivity index (χ2n) is 8.30. The minimum atomic E-state index is -0.373. The molecule has 2 aromatic rings. The van der Waals surface area contributed by atoms with Gasteiger partial charge in [-0.3, -0.25) is 9.59 Å². The average Bonchev–Trinajstić information content (AvgIpc) is 3.15. The zero-order valence-corrected chi connectivity index (χ0v) is 18.9. The Morgan fingerprint density at radius 1 is 0.968 bits per heavy atom. The van der Waals surface area contributed by atoms with Crippen LogP contribution in [0.1, 0.15) is 87.7 Å². The molecule has 0 unspecified atom stereocenters. The molecule has 5 nitrogen and oxygen atoms in total. The zero-order valence-electron chi connectivity index (χ0n) is 18.1. The third-order valence-electron chi connectivity index (χ3n) is 6.15. The quantitative estimate of drug-likeness (QED) is 0.470. The van der Waals surface area contributed by atoms with Crippen LogP contribution in [0.5, 0.6) is 0 Å². The lowest BCUT2D eigenvalue weighted by Crippen LogP contribution is -2.16. The molecule has 0 spiro atoms. The number of anilines is 1. The van der Waals surface area contributed by atoms with Gasteiger partial charge in [-0.2, -0.15) is 0 Å². The number of rotatable bonds is 7. The second kappa shape index (κ2) is 9.77. The molecule has 1 N–H and O–H groups in total. The molecule has 0 aliphatic heterocycles. The predicted octanol–water partition coefficient (Wildman–Crippen LogP) is 5.28. The number of amides is 1. The smallest absolute Gasteiger partial charge is 0.341 e. The highest BCUT2D eigenvalue weighted by Crippen LogP contribution is 2.38. The molecular formula is C25H29NO4S. The van der Waals surface area contributed by atoms with E-state index in [-0.39, 0.29) is 30.5 Å². The van der Waals surface area contributed by atoms with Gasteiger partial charge >= 0.3 is 5.97 Å². The van der Waals surface area contributed by atoms with Crippen LogP contribution in [0, 0.1) is 0 Å². The fourth-order valence-corrected chi connectivity index (χ4v) is 5.83. The third-order valence-corrected chi connectivity index (χ3v) is 7.36. The number of aryl methyl sites for hydroxylation is 3. The molecule has 31 heavy (non-hydrogen) atoms. The van der Waals surface area contributed by atoms with Crippen molar-refractivity contribution in [3.05, 3.63) is 50.9 Å². The lowest BCUT2D eigenvalue weighted by atomic mass is 9.89. The molecule has 0 fully saturated rings. The van der Waals surface area contributed by atoms with Crippen LogP contribution >= 0.6 is 11.3 Å². The summed E-state index contributed by atoms with van der Waals surface area (Å²) < 4.78 is 5.24. The van der Waals surface area contributed by atoms with Crippen molar-refractivity contribution in [1.29, 1.82) is 0 Å². The Morgan fingerprint density at radius 2 is 1.71 bits per heavy atom. The van der Waals surface area contributed by atoms with Crippen LogP contribution in [-0.4, -0.2) is 24.3 Å². The Kier molecular flexibility index (Phi) is 6.86. The molecule has 1 aromatic heterocycles. The van der Waals surface area contributed by atoms with E-state index < -0.39 is 0 Å². The number of ketones is 1. The van der Waals surface area contributed by atoms with Crippen molar-refractivity contribution in [1.82, 2.24) is 0 Å². The van der Waals surface area contributed by atoms with Gasteiger partial charge in [-0.05, 0) is 81.0 Å². The predicted molar refractivity (Wildman–Crippen MR) is 122 cm³/mol. The highest BCUT2D eigenvalue weighted by Gasteiger charge is 2.27. The topological polar surface area (TPSA) is 72.5 Å². The Bertz CT molecular complexity index is 1010. The maximum atomic E-state index is 12.7. The minimum absolute atomic E-state index is 0.0142. The molecule has 0 saturated carbocycles. The number of benzene rings is 1. The Labute approximate surface area is 187 Å². The number of Topliss-reactive ketones (excluding diaryl/α,β-unsaturated/α-hetero) is 1. The lowest BCUT2D eigenvalue weighted by molar-refractivity contribution is -0.116. The van der Waals surface area contributed by atoms with E-state index in [0.717, 1.165) is 49.0 Å². The van der Waals surface area contributed by atoms with E-state index >= 15 is 0 Å². The van der Waals surface area contributed by atoms with Crippen LogP contribution in [0.3, 0.4) is 0 Å². The molecular weight excluding hydrogens is 410 g/mol. The van der Waals surface area contributed by atoms with Crippen molar-refractivity contribution < 1.29 is 19.1 Å². The standard InChI is InChI=1S/C25H29NO4S/c1-2-30-25(29)23-19-9-5-6-10-21(19)31-24(23)26-22(28)14-13-20(27)18-12-11-16-7-3-4-8-17(16)15-18/h11-12,15H,2-10,13-14H2,1H3,(H,26,28). The Balaban J connectivity index is 1.41. The summed E-state index contributed by atoms with van der Waals surface area (Å²) in [6.07, 6.45) is 8.64. The minimum Gasteiger partial charge on any atom is -0.462 e. The number of carbonyl (C=O) groups excluding carboxylic acids is 3. The van der Waals surface area contributed by atoms with Crippen LogP contribution in [0.2, 0.25) is 0 Å². The summed E-state index contributed by atoms with van der Waals surface area (Å²) in [5.41, 5.74) is 4.83. The van der Waals surface area contributed by atoms with Crippen LogP contribution in [0.15, 0.2) is 18.2 Å². The van der Waals surface area contributed by atoms with E-state index in [1.54, 1.807) is 6.92 Å². The third kappa shape index (κ3) is 4.90. The summed E-state index contributed by atoms with van der Waals surface area (Å²) in [4.78, 5) is 39.0. The number of esters is 1. The number of nitrogens with one attached hydrogen (secondary N) is 1. The largest absolute Gasteiger partial charge is 0.462 e. The fourth-order valence-electron chi connectivity index (χ4n) is 4.54. The number of fused-ring (bicyclic) bond motifs is 2.